The van der Waals surface area contributed by atoms with Crippen molar-refractivity contribution in [1.82, 2.24) is 0 Å². The fourth-order valence-corrected chi connectivity index (χ4v) is 1.62. The third-order valence-electron chi connectivity index (χ3n) is 2.48. The molecule has 0 aliphatic heterocycles. The van der Waals surface area contributed by atoms with E-state index in [0.717, 1.165) is 5.56 Å². The summed E-state index contributed by atoms with van der Waals surface area (Å²) < 4.78 is 18.3. The number of hydrogen-bond donors (Lipinski definition) is 1. The van der Waals surface area contributed by atoms with E-state index >= 15 is 0 Å². The number of rotatable bonds is 3. The summed E-state index contributed by atoms with van der Waals surface area (Å²) in [5.41, 5.74) is 5.95. The van der Waals surface area contributed by atoms with Gasteiger partial charge in [0, 0.05) is 0 Å². The zero-order valence-electron chi connectivity index (χ0n) is 11.3. The van der Waals surface area contributed by atoms with E-state index < -0.39 is 11.4 Å². The molecular formula is C14H20FNO2. The Morgan fingerprint density at radius 2 is 2.06 bits per heavy atom. The summed E-state index contributed by atoms with van der Waals surface area (Å²) in [6.45, 7) is 7.36. The van der Waals surface area contributed by atoms with Gasteiger partial charge in [0.25, 0.3) is 0 Å². The van der Waals surface area contributed by atoms with Gasteiger partial charge in [0.1, 0.15) is 11.4 Å². The van der Waals surface area contributed by atoms with Crippen LogP contribution in [0, 0.1) is 5.82 Å². The van der Waals surface area contributed by atoms with Crippen LogP contribution in [-0.2, 0) is 9.53 Å². The smallest absolute Gasteiger partial charge is 0.306 e. The maximum Gasteiger partial charge on any atom is 0.306 e. The van der Waals surface area contributed by atoms with Crippen molar-refractivity contribution in [3.05, 3.63) is 29.6 Å². The van der Waals surface area contributed by atoms with Gasteiger partial charge in [0.05, 0.1) is 12.1 Å². The van der Waals surface area contributed by atoms with Gasteiger partial charge in [-0.05, 0) is 44.4 Å². The Morgan fingerprint density at radius 1 is 1.44 bits per heavy atom. The molecule has 0 aliphatic rings. The molecule has 0 saturated heterocycles. The number of carbonyl (C=O) groups is 1. The lowest BCUT2D eigenvalue weighted by Crippen LogP contribution is -2.24. The quantitative estimate of drug-likeness (QED) is 0.664. The molecule has 1 atom stereocenters. The number of nitrogen functional groups attached to an aromatic ring is 1. The van der Waals surface area contributed by atoms with Crippen LogP contribution in [0.3, 0.4) is 0 Å². The summed E-state index contributed by atoms with van der Waals surface area (Å²) >= 11 is 0. The first-order chi connectivity index (χ1) is 8.19. The molecule has 1 unspecified atom stereocenters. The molecule has 0 bridgehead atoms. The highest BCUT2D eigenvalue weighted by Gasteiger charge is 2.19. The van der Waals surface area contributed by atoms with Crippen LogP contribution in [-0.4, -0.2) is 11.6 Å². The second-order valence-electron chi connectivity index (χ2n) is 5.47. The van der Waals surface area contributed by atoms with Gasteiger partial charge in [-0.3, -0.25) is 4.79 Å². The van der Waals surface area contributed by atoms with Crippen LogP contribution in [0.5, 0.6) is 0 Å². The number of carbonyl (C=O) groups excluding carboxylic acids is 1. The zero-order valence-corrected chi connectivity index (χ0v) is 11.3. The highest BCUT2D eigenvalue weighted by atomic mass is 19.1. The predicted molar refractivity (Wildman–Crippen MR) is 69.7 cm³/mol. The summed E-state index contributed by atoms with van der Waals surface area (Å²) in [4.78, 5) is 11.7. The Kier molecular flexibility index (Phi) is 4.33. The second-order valence-corrected chi connectivity index (χ2v) is 5.47. The van der Waals surface area contributed by atoms with E-state index in [9.17, 15) is 9.18 Å². The highest BCUT2D eigenvalue weighted by molar-refractivity contribution is 5.71. The van der Waals surface area contributed by atoms with E-state index in [2.05, 4.69) is 0 Å². The van der Waals surface area contributed by atoms with Crippen LogP contribution in [0.1, 0.15) is 45.6 Å². The summed E-state index contributed by atoms with van der Waals surface area (Å²) in [7, 11) is 0. The molecular weight excluding hydrogens is 233 g/mol. The normalized spacial score (nSPS) is 13.2. The van der Waals surface area contributed by atoms with Gasteiger partial charge in [0.2, 0.25) is 0 Å². The molecule has 4 heteroatoms. The average Bonchev–Trinajstić information content (AvgIpc) is 2.18. The second kappa shape index (κ2) is 5.38. The molecule has 0 aliphatic carbocycles. The Morgan fingerprint density at radius 3 is 2.56 bits per heavy atom. The summed E-state index contributed by atoms with van der Waals surface area (Å²) in [5.74, 6) is -0.760. The van der Waals surface area contributed by atoms with E-state index in [4.69, 9.17) is 10.5 Å². The topological polar surface area (TPSA) is 52.3 Å². The van der Waals surface area contributed by atoms with Gasteiger partial charge in [-0.15, -0.1) is 0 Å². The number of anilines is 1. The Hall–Kier alpha value is -1.58. The Bertz CT molecular complexity index is 438. The first-order valence-corrected chi connectivity index (χ1v) is 5.96. The third kappa shape index (κ3) is 4.35. The molecule has 2 N–H and O–H groups in total. The first kappa shape index (κ1) is 14.5. The van der Waals surface area contributed by atoms with Crippen molar-refractivity contribution in [2.75, 3.05) is 5.73 Å². The van der Waals surface area contributed by atoms with Crippen molar-refractivity contribution in [3.63, 3.8) is 0 Å². The molecule has 0 aromatic heterocycles. The van der Waals surface area contributed by atoms with E-state index in [1.54, 1.807) is 12.1 Å². The van der Waals surface area contributed by atoms with Crippen molar-refractivity contribution in [1.29, 1.82) is 0 Å². The molecule has 0 amide bonds. The third-order valence-corrected chi connectivity index (χ3v) is 2.48. The lowest BCUT2D eigenvalue weighted by atomic mass is 9.97. The molecule has 3 nitrogen and oxygen atoms in total. The fraction of sp³-hybridized carbons (Fsp3) is 0.500. The van der Waals surface area contributed by atoms with Crippen LogP contribution in [0.25, 0.3) is 0 Å². The van der Waals surface area contributed by atoms with Crippen LogP contribution in [0.4, 0.5) is 10.1 Å². The molecule has 0 spiro atoms. The molecule has 0 radical (unpaired) electrons. The molecule has 1 aromatic carbocycles. The Labute approximate surface area is 107 Å². The largest absolute Gasteiger partial charge is 0.460 e. The van der Waals surface area contributed by atoms with Crippen molar-refractivity contribution < 1.29 is 13.9 Å². The number of benzene rings is 1. The van der Waals surface area contributed by atoms with Crippen LogP contribution in [0.2, 0.25) is 0 Å². The maximum atomic E-state index is 13.0. The monoisotopic (exact) mass is 253 g/mol. The highest BCUT2D eigenvalue weighted by Crippen LogP contribution is 2.24. The summed E-state index contributed by atoms with van der Waals surface area (Å²) in [6, 6.07) is 4.52. The van der Waals surface area contributed by atoms with Crippen molar-refractivity contribution >= 4 is 11.7 Å². The molecule has 0 heterocycles. The molecule has 18 heavy (non-hydrogen) atoms. The average molecular weight is 253 g/mol. The van der Waals surface area contributed by atoms with E-state index in [0.29, 0.717) is 0 Å². The Balaban J connectivity index is 2.68. The van der Waals surface area contributed by atoms with Gasteiger partial charge in [-0.1, -0.05) is 13.0 Å². The summed E-state index contributed by atoms with van der Waals surface area (Å²) in [5, 5.41) is 0. The number of nitrogens with two attached hydrogens (primary N) is 1. The minimum atomic E-state index is -0.487. The van der Waals surface area contributed by atoms with Crippen LogP contribution >= 0.6 is 0 Å². The van der Waals surface area contributed by atoms with Crippen molar-refractivity contribution in [2.45, 2.75) is 45.6 Å². The number of hydrogen-bond acceptors (Lipinski definition) is 3. The predicted octanol–water partition coefficient (Wildman–Crippen LogP) is 3.24. The minimum Gasteiger partial charge on any atom is -0.460 e. The van der Waals surface area contributed by atoms with Crippen molar-refractivity contribution in [2.24, 2.45) is 0 Å². The SMILES string of the molecule is CC(CC(=O)OC(C)(C)C)c1ccc(F)c(N)c1. The van der Waals surface area contributed by atoms with Gasteiger partial charge in [-0.2, -0.15) is 0 Å². The zero-order chi connectivity index (χ0) is 13.9. The summed E-state index contributed by atoms with van der Waals surface area (Å²) in [6.07, 6.45) is 0.252. The van der Waals surface area contributed by atoms with Gasteiger partial charge in [-0.25, -0.2) is 4.39 Å². The lowest BCUT2D eigenvalue weighted by Gasteiger charge is -2.21. The molecule has 1 rings (SSSR count). The molecule has 0 fully saturated rings. The standard InChI is InChI=1S/C14H20FNO2/c1-9(7-13(17)18-14(2,3)4)10-5-6-11(15)12(16)8-10/h5-6,8-9H,7,16H2,1-4H3. The van der Waals surface area contributed by atoms with E-state index in [1.807, 2.05) is 27.7 Å². The van der Waals surface area contributed by atoms with Gasteiger partial charge < -0.3 is 10.5 Å². The molecule has 1 aromatic rings. The number of ether oxygens (including phenoxy) is 1. The van der Waals surface area contributed by atoms with Gasteiger partial charge in [0.15, 0.2) is 0 Å². The number of esters is 1. The molecule has 0 saturated carbocycles. The first-order valence-electron chi connectivity index (χ1n) is 5.96. The number of halogens is 1. The minimum absolute atomic E-state index is 0.0530. The lowest BCUT2D eigenvalue weighted by molar-refractivity contribution is -0.155. The van der Waals surface area contributed by atoms with E-state index in [1.165, 1.54) is 6.07 Å². The van der Waals surface area contributed by atoms with E-state index in [-0.39, 0.29) is 24.0 Å². The van der Waals surface area contributed by atoms with Crippen LogP contribution < -0.4 is 5.73 Å². The maximum absolute atomic E-state index is 13.0. The van der Waals surface area contributed by atoms with Crippen molar-refractivity contribution in [3.8, 4) is 0 Å². The van der Waals surface area contributed by atoms with Crippen LogP contribution in [0.15, 0.2) is 18.2 Å². The molecule has 100 valence electrons. The fourth-order valence-electron chi connectivity index (χ4n) is 1.62. The van der Waals surface area contributed by atoms with Gasteiger partial charge >= 0.3 is 5.97 Å².